The number of nitrogens with one attached hydrogen (secondary N) is 1. The standard InChI is InChI=1S/C17H23N3O2/c1-12(2)18-9-7-13-10-14-6-5-8-19-16(14)15(11-13)22-17(21)20(3)4/h5-6,8,10-12,18H,7,9H2,1-4H3. The SMILES string of the molecule is CC(C)NCCc1cc(OC(=O)N(C)C)c2ncccc2c1. The molecule has 0 saturated carbocycles. The highest BCUT2D eigenvalue weighted by molar-refractivity contribution is 5.87. The van der Waals surface area contributed by atoms with Gasteiger partial charge in [-0.2, -0.15) is 0 Å². The Kier molecular flexibility index (Phi) is 5.33. The molecule has 0 radical (unpaired) electrons. The van der Waals surface area contributed by atoms with Crippen molar-refractivity contribution in [2.45, 2.75) is 26.3 Å². The fraction of sp³-hybridized carbons (Fsp3) is 0.412. The van der Waals surface area contributed by atoms with Crippen molar-refractivity contribution in [1.82, 2.24) is 15.2 Å². The number of hydrogen-bond donors (Lipinski definition) is 1. The van der Waals surface area contributed by atoms with E-state index in [1.54, 1.807) is 20.3 Å². The molecule has 0 atom stereocenters. The van der Waals surface area contributed by atoms with Crippen LogP contribution in [0.15, 0.2) is 30.5 Å². The normalized spacial score (nSPS) is 11.0. The number of pyridine rings is 1. The van der Waals surface area contributed by atoms with Gasteiger partial charge in [-0.05, 0) is 36.7 Å². The van der Waals surface area contributed by atoms with Crippen molar-refractivity contribution in [2.24, 2.45) is 0 Å². The second-order valence-corrected chi connectivity index (χ2v) is 5.79. The van der Waals surface area contributed by atoms with E-state index in [4.69, 9.17) is 4.74 Å². The summed E-state index contributed by atoms with van der Waals surface area (Å²) >= 11 is 0. The lowest BCUT2D eigenvalue weighted by Gasteiger charge is -2.14. The lowest BCUT2D eigenvalue weighted by molar-refractivity contribution is 0.172. The molecular formula is C17H23N3O2. The second-order valence-electron chi connectivity index (χ2n) is 5.79. The molecular weight excluding hydrogens is 278 g/mol. The summed E-state index contributed by atoms with van der Waals surface area (Å²) < 4.78 is 5.46. The number of amides is 1. The summed E-state index contributed by atoms with van der Waals surface area (Å²) in [7, 11) is 3.32. The zero-order valence-electron chi connectivity index (χ0n) is 13.6. The molecule has 1 amide bonds. The number of nitrogens with zero attached hydrogens (tertiary/aromatic N) is 2. The van der Waals surface area contributed by atoms with E-state index in [-0.39, 0.29) is 0 Å². The topological polar surface area (TPSA) is 54.5 Å². The predicted octanol–water partition coefficient (Wildman–Crippen LogP) is 2.84. The smallest absolute Gasteiger partial charge is 0.408 e. The van der Waals surface area contributed by atoms with Gasteiger partial charge in [0.15, 0.2) is 5.75 Å². The Hall–Kier alpha value is -2.14. The third-order valence-electron chi connectivity index (χ3n) is 3.26. The molecule has 1 heterocycles. The minimum atomic E-state index is -0.399. The number of benzene rings is 1. The van der Waals surface area contributed by atoms with Gasteiger partial charge in [-0.15, -0.1) is 0 Å². The molecule has 0 saturated heterocycles. The van der Waals surface area contributed by atoms with Crippen LogP contribution in [-0.4, -0.2) is 42.7 Å². The van der Waals surface area contributed by atoms with Gasteiger partial charge in [0.1, 0.15) is 5.52 Å². The minimum absolute atomic E-state index is 0.399. The third-order valence-corrected chi connectivity index (χ3v) is 3.26. The van der Waals surface area contributed by atoms with Gasteiger partial charge in [-0.3, -0.25) is 4.98 Å². The van der Waals surface area contributed by atoms with Crippen LogP contribution in [0.1, 0.15) is 19.4 Å². The number of fused-ring (bicyclic) bond motifs is 1. The largest absolute Gasteiger partial charge is 0.414 e. The Bertz CT molecular complexity index is 653. The molecule has 5 heteroatoms. The van der Waals surface area contributed by atoms with Crippen molar-refractivity contribution < 1.29 is 9.53 Å². The van der Waals surface area contributed by atoms with Crippen LogP contribution in [0, 0.1) is 0 Å². The fourth-order valence-corrected chi connectivity index (χ4v) is 2.13. The number of carbonyl (C=O) groups is 1. The lowest BCUT2D eigenvalue weighted by atomic mass is 10.1. The van der Waals surface area contributed by atoms with Crippen LogP contribution in [-0.2, 0) is 6.42 Å². The van der Waals surface area contributed by atoms with Gasteiger partial charge in [-0.25, -0.2) is 4.79 Å². The summed E-state index contributed by atoms with van der Waals surface area (Å²) in [5, 5.41) is 4.37. The summed E-state index contributed by atoms with van der Waals surface area (Å²) in [6, 6.07) is 8.31. The minimum Gasteiger partial charge on any atom is -0.408 e. The predicted molar refractivity (Wildman–Crippen MR) is 88.3 cm³/mol. The summed E-state index contributed by atoms with van der Waals surface area (Å²) in [5.41, 5.74) is 1.83. The van der Waals surface area contributed by atoms with Gasteiger partial charge >= 0.3 is 6.09 Å². The van der Waals surface area contributed by atoms with Crippen LogP contribution in [0.4, 0.5) is 4.79 Å². The van der Waals surface area contributed by atoms with E-state index < -0.39 is 6.09 Å². The van der Waals surface area contributed by atoms with Crippen molar-refractivity contribution in [3.05, 3.63) is 36.0 Å². The van der Waals surface area contributed by atoms with E-state index in [1.807, 2.05) is 18.2 Å². The first-order chi connectivity index (χ1) is 10.5. The molecule has 1 N–H and O–H groups in total. The molecule has 0 spiro atoms. The number of rotatable bonds is 5. The van der Waals surface area contributed by atoms with Crippen molar-refractivity contribution >= 4 is 17.0 Å². The van der Waals surface area contributed by atoms with Crippen molar-refractivity contribution in [3.8, 4) is 5.75 Å². The molecule has 1 aromatic heterocycles. The second kappa shape index (κ2) is 7.22. The number of carbonyl (C=O) groups excluding carboxylic acids is 1. The van der Waals surface area contributed by atoms with Crippen LogP contribution < -0.4 is 10.1 Å². The quantitative estimate of drug-likeness (QED) is 0.922. The molecule has 0 aliphatic heterocycles. The summed E-state index contributed by atoms with van der Waals surface area (Å²) in [6.07, 6.45) is 2.18. The van der Waals surface area contributed by atoms with Crippen LogP contribution in [0.2, 0.25) is 0 Å². The summed E-state index contributed by atoms with van der Waals surface area (Å²) in [6.45, 7) is 5.12. The molecule has 1 aromatic carbocycles. The number of ether oxygens (including phenoxy) is 1. The van der Waals surface area contributed by atoms with Gasteiger partial charge < -0.3 is 15.0 Å². The molecule has 0 aliphatic carbocycles. The van der Waals surface area contributed by atoms with E-state index in [9.17, 15) is 4.79 Å². The van der Waals surface area contributed by atoms with E-state index in [1.165, 1.54) is 4.90 Å². The highest BCUT2D eigenvalue weighted by Gasteiger charge is 2.12. The average Bonchev–Trinajstić information content (AvgIpc) is 2.46. The third kappa shape index (κ3) is 4.18. The monoisotopic (exact) mass is 301 g/mol. The summed E-state index contributed by atoms with van der Waals surface area (Å²) in [5.74, 6) is 0.511. The molecule has 5 nitrogen and oxygen atoms in total. The average molecular weight is 301 g/mol. The fourth-order valence-electron chi connectivity index (χ4n) is 2.13. The van der Waals surface area contributed by atoms with Crippen LogP contribution in [0.3, 0.4) is 0 Å². The molecule has 118 valence electrons. The van der Waals surface area contributed by atoms with Crippen LogP contribution in [0.5, 0.6) is 5.75 Å². The molecule has 2 aromatic rings. The van der Waals surface area contributed by atoms with Crippen LogP contribution >= 0.6 is 0 Å². The Morgan fingerprint density at radius 1 is 1.36 bits per heavy atom. The van der Waals surface area contributed by atoms with Gasteiger partial charge in [0.2, 0.25) is 0 Å². The lowest BCUT2D eigenvalue weighted by Crippen LogP contribution is -2.26. The van der Waals surface area contributed by atoms with Gasteiger partial charge in [-0.1, -0.05) is 19.9 Å². The van der Waals surface area contributed by atoms with Crippen molar-refractivity contribution in [3.63, 3.8) is 0 Å². The molecule has 22 heavy (non-hydrogen) atoms. The molecule has 0 aliphatic rings. The zero-order valence-corrected chi connectivity index (χ0v) is 13.6. The van der Waals surface area contributed by atoms with E-state index >= 15 is 0 Å². The maximum absolute atomic E-state index is 11.8. The van der Waals surface area contributed by atoms with Gasteiger partial charge in [0, 0.05) is 31.7 Å². The first-order valence-electron chi connectivity index (χ1n) is 7.47. The number of aromatic nitrogens is 1. The van der Waals surface area contributed by atoms with E-state index in [0.29, 0.717) is 17.3 Å². The molecule has 2 rings (SSSR count). The first-order valence-corrected chi connectivity index (χ1v) is 7.47. The highest BCUT2D eigenvalue weighted by Crippen LogP contribution is 2.26. The zero-order chi connectivity index (χ0) is 16.1. The Morgan fingerprint density at radius 2 is 2.14 bits per heavy atom. The van der Waals surface area contributed by atoms with Gasteiger partial charge in [0.05, 0.1) is 0 Å². The highest BCUT2D eigenvalue weighted by atomic mass is 16.6. The Balaban J connectivity index is 2.29. The Labute approximate surface area is 131 Å². The molecule has 0 fully saturated rings. The summed E-state index contributed by atoms with van der Waals surface area (Å²) in [4.78, 5) is 17.6. The van der Waals surface area contributed by atoms with Gasteiger partial charge in [0.25, 0.3) is 0 Å². The molecule has 0 bridgehead atoms. The van der Waals surface area contributed by atoms with Crippen molar-refractivity contribution in [1.29, 1.82) is 0 Å². The number of hydrogen-bond acceptors (Lipinski definition) is 4. The molecule has 0 unspecified atom stereocenters. The maximum Gasteiger partial charge on any atom is 0.414 e. The first kappa shape index (κ1) is 16.2. The van der Waals surface area contributed by atoms with Crippen LogP contribution in [0.25, 0.3) is 10.9 Å². The van der Waals surface area contributed by atoms with Crippen molar-refractivity contribution in [2.75, 3.05) is 20.6 Å². The maximum atomic E-state index is 11.8. The Morgan fingerprint density at radius 3 is 2.82 bits per heavy atom. The van der Waals surface area contributed by atoms with E-state index in [0.717, 1.165) is 23.9 Å². The van der Waals surface area contributed by atoms with E-state index in [2.05, 4.69) is 30.2 Å².